The number of amides is 1. The second-order valence-electron chi connectivity index (χ2n) is 5.77. The number of morpholine rings is 1. The van der Waals surface area contributed by atoms with Gasteiger partial charge in [0.2, 0.25) is 5.91 Å². The minimum Gasteiger partial charge on any atom is -0.379 e. The van der Waals surface area contributed by atoms with Crippen molar-refractivity contribution in [3.8, 4) is 0 Å². The Hall–Kier alpha value is -0.650. The minimum absolute atomic E-state index is 0.0370. The predicted molar refractivity (Wildman–Crippen MR) is 79.5 cm³/mol. The van der Waals surface area contributed by atoms with E-state index in [2.05, 4.69) is 29.0 Å². The van der Waals surface area contributed by atoms with Crippen LogP contribution in [0.25, 0.3) is 0 Å². The molecule has 0 aliphatic carbocycles. The molecule has 2 aliphatic rings. The lowest BCUT2D eigenvalue weighted by Gasteiger charge is -2.28. The fourth-order valence-electron chi connectivity index (χ4n) is 3.11. The molecule has 2 atom stereocenters. The highest BCUT2D eigenvalue weighted by molar-refractivity contribution is 5.84. The maximum absolute atomic E-state index is 12.3. The van der Waals surface area contributed by atoms with Crippen molar-refractivity contribution < 1.29 is 9.53 Å². The summed E-state index contributed by atoms with van der Waals surface area (Å²) < 4.78 is 5.36. The number of nitrogens with one attached hydrogen (secondary N) is 1. The quantitative estimate of drug-likeness (QED) is 0.758. The first-order chi connectivity index (χ1) is 9.76. The molecule has 1 N–H and O–H groups in total. The highest BCUT2D eigenvalue weighted by atomic mass is 16.5. The van der Waals surface area contributed by atoms with Gasteiger partial charge >= 0.3 is 0 Å². The van der Waals surface area contributed by atoms with Crippen LogP contribution in [-0.4, -0.2) is 67.3 Å². The summed E-state index contributed by atoms with van der Waals surface area (Å²) in [5.41, 5.74) is 0. The molecule has 0 radical (unpaired) electrons. The first-order valence-electron chi connectivity index (χ1n) is 8.12. The summed E-state index contributed by atoms with van der Waals surface area (Å²) >= 11 is 0. The van der Waals surface area contributed by atoms with Gasteiger partial charge in [-0.1, -0.05) is 20.3 Å². The van der Waals surface area contributed by atoms with Crippen molar-refractivity contribution in [3.05, 3.63) is 0 Å². The Morgan fingerprint density at radius 1 is 1.25 bits per heavy atom. The molecule has 1 amide bonds. The summed E-state index contributed by atoms with van der Waals surface area (Å²) in [4.78, 5) is 16.8. The Bertz CT molecular complexity index is 305. The van der Waals surface area contributed by atoms with Crippen molar-refractivity contribution >= 4 is 5.91 Å². The number of rotatable bonds is 7. The molecular weight excluding hydrogens is 254 g/mol. The molecule has 2 rings (SSSR count). The van der Waals surface area contributed by atoms with E-state index in [0.717, 1.165) is 65.1 Å². The first-order valence-corrected chi connectivity index (χ1v) is 8.12. The number of carbonyl (C=O) groups excluding carboxylic acids is 1. The van der Waals surface area contributed by atoms with Crippen molar-refractivity contribution in [2.75, 3.05) is 39.4 Å². The van der Waals surface area contributed by atoms with E-state index < -0.39 is 0 Å². The van der Waals surface area contributed by atoms with Crippen molar-refractivity contribution in [1.82, 2.24) is 15.1 Å². The Morgan fingerprint density at radius 2 is 2.00 bits per heavy atom. The monoisotopic (exact) mass is 283 g/mol. The molecular formula is C15H29N3O2. The molecule has 2 fully saturated rings. The molecule has 0 saturated carbocycles. The summed E-state index contributed by atoms with van der Waals surface area (Å²) in [6.45, 7) is 9.96. The Kier molecular flexibility index (Phi) is 6.26. The molecule has 20 heavy (non-hydrogen) atoms. The molecule has 0 aromatic carbocycles. The van der Waals surface area contributed by atoms with Gasteiger partial charge < -0.3 is 9.64 Å². The zero-order chi connectivity index (χ0) is 14.4. The Morgan fingerprint density at radius 3 is 2.65 bits per heavy atom. The third kappa shape index (κ3) is 3.93. The van der Waals surface area contributed by atoms with Crippen molar-refractivity contribution in [1.29, 1.82) is 0 Å². The SMILES string of the molecule is CCCC1NC(CC)C(=O)N1CCCN1CCOCC1. The number of hydrogen-bond acceptors (Lipinski definition) is 4. The van der Waals surface area contributed by atoms with Crippen LogP contribution in [0.4, 0.5) is 0 Å². The second kappa shape index (κ2) is 7.96. The number of nitrogens with zero attached hydrogens (tertiary/aromatic N) is 2. The topological polar surface area (TPSA) is 44.8 Å². The van der Waals surface area contributed by atoms with Crippen LogP contribution in [0.3, 0.4) is 0 Å². The smallest absolute Gasteiger partial charge is 0.241 e. The maximum atomic E-state index is 12.3. The maximum Gasteiger partial charge on any atom is 0.241 e. The predicted octanol–water partition coefficient (Wildman–Crippen LogP) is 1.05. The summed E-state index contributed by atoms with van der Waals surface area (Å²) in [5, 5.41) is 3.47. The molecule has 0 bridgehead atoms. The van der Waals surface area contributed by atoms with Gasteiger partial charge in [-0.3, -0.25) is 15.0 Å². The van der Waals surface area contributed by atoms with Crippen molar-refractivity contribution in [2.45, 2.75) is 51.7 Å². The minimum atomic E-state index is 0.0370. The fraction of sp³-hybridized carbons (Fsp3) is 0.933. The first kappa shape index (κ1) is 15.7. The van der Waals surface area contributed by atoms with E-state index in [9.17, 15) is 4.79 Å². The van der Waals surface area contributed by atoms with Gasteiger partial charge in [-0.15, -0.1) is 0 Å². The lowest BCUT2D eigenvalue weighted by molar-refractivity contribution is -0.130. The Balaban J connectivity index is 1.77. The standard InChI is InChI=1S/C15H29N3O2/c1-3-6-14-16-13(4-2)15(19)18(14)8-5-7-17-9-11-20-12-10-17/h13-14,16H,3-12H2,1-2H3. The lowest BCUT2D eigenvalue weighted by atomic mass is 10.2. The van der Waals surface area contributed by atoms with E-state index in [1.165, 1.54) is 0 Å². The van der Waals surface area contributed by atoms with Crippen molar-refractivity contribution in [2.24, 2.45) is 0 Å². The van der Waals surface area contributed by atoms with Gasteiger partial charge in [0, 0.05) is 26.2 Å². The van der Waals surface area contributed by atoms with Crippen LogP contribution >= 0.6 is 0 Å². The molecule has 0 aromatic heterocycles. The summed E-state index contributed by atoms with van der Waals surface area (Å²) in [5.74, 6) is 0.299. The van der Waals surface area contributed by atoms with Crippen LogP contribution in [-0.2, 0) is 9.53 Å². The molecule has 2 aliphatic heterocycles. The van der Waals surface area contributed by atoms with Crippen molar-refractivity contribution in [3.63, 3.8) is 0 Å². The van der Waals surface area contributed by atoms with Gasteiger partial charge in [0.05, 0.1) is 25.4 Å². The van der Waals surface area contributed by atoms with E-state index in [4.69, 9.17) is 4.74 Å². The molecule has 2 saturated heterocycles. The van der Waals surface area contributed by atoms with Crippen LogP contribution in [0.1, 0.15) is 39.5 Å². The number of carbonyl (C=O) groups is 1. The average molecular weight is 283 g/mol. The summed E-state index contributed by atoms with van der Waals surface area (Å²) in [6, 6.07) is 0.0370. The summed E-state index contributed by atoms with van der Waals surface area (Å²) in [6.07, 6.45) is 4.37. The van der Waals surface area contributed by atoms with Gasteiger partial charge in [-0.2, -0.15) is 0 Å². The molecule has 0 spiro atoms. The Labute approximate surface area is 122 Å². The average Bonchev–Trinajstić information content (AvgIpc) is 2.77. The second-order valence-corrected chi connectivity index (χ2v) is 5.77. The van der Waals surface area contributed by atoms with Gasteiger partial charge in [-0.05, 0) is 19.3 Å². The molecule has 2 heterocycles. The van der Waals surface area contributed by atoms with Gasteiger partial charge in [0.15, 0.2) is 0 Å². The lowest BCUT2D eigenvalue weighted by Crippen LogP contribution is -2.41. The fourth-order valence-corrected chi connectivity index (χ4v) is 3.11. The van der Waals surface area contributed by atoms with Crippen LogP contribution in [0, 0.1) is 0 Å². The highest BCUT2D eigenvalue weighted by Gasteiger charge is 2.36. The largest absolute Gasteiger partial charge is 0.379 e. The zero-order valence-corrected chi connectivity index (χ0v) is 12.9. The van der Waals surface area contributed by atoms with E-state index >= 15 is 0 Å². The normalized spacial score (nSPS) is 28.3. The van der Waals surface area contributed by atoms with Gasteiger partial charge in [0.25, 0.3) is 0 Å². The molecule has 2 unspecified atom stereocenters. The number of hydrogen-bond donors (Lipinski definition) is 1. The van der Waals surface area contributed by atoms with Crippen LogP contribution in [0.2, 0.25) is 0 Å². The third-order valence-corrected chi connectivity index (χ3v) is 4.30. The zero-order valence-electron chi connectivity index (χ0n) is 12.9. The number of ether oxygens (including phenoxy) is 1. The van der Waals surface area contributed by atoms with Crippen LogP contribution in [0.15, 0.2) is 0 Å². The molecule has 5 nitrogen and oxygen atoms in total. The third-order valence-electron chi connectivity index (χ3n) is 4.30. The van der Waals surface area contributed by atoms with E-state index in [-0.39, 0.29) is 12.2 Å². The van der Waals surface area contributed by atoms with Gasteiger partial charge in [0.1, 0.15) is 0 Å². The molecule has 5 heteroatoms. The summed E-state index contributed by atoms with van der Waals surface area (Å²) in [7, 11) is 0. The molecule has 116 valence electrons. The van der Waals surface area contributed by atoms with Crippen LogP contribution in [0.5, 0.6) is 0 Å². The van der Waals surface area contributed by atoms with E-state index in [0.29, 0.717) is 5.91 Å². The molecule has 0 aromatic rings. The van der Waals surface area contributed by atoms with Crippen LogP contribution < -0.4 is 5.32 Å². The van der Waals surface area contributed by atoms with E-state index in [1.807, 2.05) is 0 Å². The van der Waals surface area contributed by atoms with Gasteiger partial charge in [-0.25, -0.2) is 0 Å². The highest BCUT2D eigenvalue weighted by Crippen LogP contribution is 2.17. The van der Waals surface area contributed by atoms with E-state index in [1.54, 1.807) is 0 Å².